The second-order valence-electron chi connectivity index (χ2n) is 3.54. The van der Waals surface area contributed by atoms with Crippen molar-refractivity contribution in [3.05, 3.63) is 0 Å². The first-order valence-corrected chi connectivity index (χ1v) is 6.47. The Balaban J connectivity index is 0. The Morgan fingerprint density at radius 2 is 2.07 bits per heavy atom. The van der Waals surface area contributed by atoms with Gasteiger partial charge in [0.1, 0.15) is 0 Å². The van der Waals surface area contributed by atoms with Gasteiger partial charge in [-0.05, 0) is 31.8 Å². The van der Waals surface area contributed by atoms with Crippen molar-refractivity contribution >= 4 is 30.1 Å². The van der Waals surface area contributed by atoms with Crippen LogP contribution in [0, 0.1) is 0 Å². The summed E-state index contributed by atoms with van der Waals surface area (Å²) in [6.07, 6.45) is 4.85. The predicted molar refractivity (Wildman–Crippen MR) is 70.8 cm³/mol. The van der Waals surface area contributed by atoms with Gasteiger partial charge in [-0.15, -0.1) is 12.4 Å². The van der Waals surface area contributed by atoms with E-state index in [4.69, 9.17) is 5.73 Å². The third-order valence-electron chi connectivity index (χ3n) is 2.38. The van der Waals surface area contributed by atoms with E-state index in [0.717, 1.165) is 18.6 Å². The number of nitrogens with two attached hydrogens (primary N) is 1. The molecule has 3 nitrogen and oxygen atoms in total. The molecular formula is C10H23ClN2OS. The summed E-state index contributed by atoms with van der Waals surface area (Å²) in [7, 11) is 1.83. The Morgan fingerprint density at radius 1 is 1.47 bits per heavy atom. The average molecular weight is 255 g/mol. The van der Waals surface area contributed by atoms with Gasteiger partial charge in [0.15, 0.2) is 0 Å². The van der Waals surface area contributed by atoms with Gasteiger partial charge in [0.25, 0.3) is 0 Å². The van der Waals surface area contributed by atoms with Gasteiger partial charge in [-0.1, -0.05) is 0 Å². The minimum Gasteiger partial charge on any atom is -0.342 e. The molecular weight excluding hydrogens is 232 g/mol. The maximum Gasteiger partial charge on any atom is 0.222 e. The number of rotatable bonds is 7. The highest BCUT2D eigenvalue weighted by molar-refractivity contribution is 7.98. The number of halogens is 1. The highest BCUT2D eigenvalue weighted by Crippen LogP contribution is 2.05. The van der Waals surface area contributed by atoms with Crippen molar-refractivity contribution < 1.29 is 4.79 Å². The highest BCUT2D eigenvalue weighted by Gasteiger charge is 2.13. The quantitative estimate of drug-likeness (QED) is 0.704. The van der Waals surface area contributed by atoms with Crippen LogP contribution in [-0.4, -0.2) is 42.4 Å². The van der Waals surface area contributed by atoms with Gasteiger partial charge in [-0.25, -0.2) is 0 Å². The molecule has 0 aromatic rings. The fourth-order valence-corrected chi connectivity index (χ4v) is 1.60. The zero-order valence-corrected chi connectivity index (χ0v) is 11.5. The number of thioether (sulfide) groups is 1. The summed E-state index contributed by atoms with van der Waals surface area (Å²) in [6.45, 7) is 2.51. The molecule has 0 fully saturated rings. The molecule has 0 radical (unpaired) electrons. The number of hydrogen-bond acceptors (Lipinski definition) is 3. The third-order valence-corrected chi connectivity index (χ3v) is 3.08. The third kappa shape index (κ3) is 7.94. The summed E-state index contributed by atoms with van der Waals surface area (Å²) >= 11 is 1.83. The minimum atomic E-state index is 0. The zero-order chi connectivity index (χ0) is 11.0. The molecule has 92 valence electrons. The largest absolute Gasteiger partial charge is 0.342 e. The maximum absolute atomic E-state index is 11.6. The van der Waals surface area contributed by atoms with Gasteiger partial charge in [-0.3, -0.25) is 4.79 Å². The zero-order valence-electron chi connectivity index (χ0n) is 9.86. The molecule has 0 bridgehead atoms. The van der Waals surface area contributed by atoms with Crippen LogP contribution in [0.25, 0.3) is 0 Å². The number of amides is 1. The van der Waals surface area contributed by atoms with Gasteiger partial charge in [0, 0.05) is 26.1 Å². The number of carbonyl (C=O) groups excluding carboxylic acids is 1. The SMILES string of the molecule is CSCCCCC(=O)N(C)C(C)CN.Cl. The van der Waals surface area contributed by atoms with E-state index in [0.29, 0.717) is 13.0 Å². The molecule has 0 aromatic heterocycles. The molecule has 0 aromatic carbocycles. The minimum absolute atomic E-state index is 0. The lowest BCUT2D eigenvalue weighted by molar-refractivity contribution is -0.131. The lowest BCUT2D eigenvalue weighted by atomic mass is 10.2. The molecule has 2 N–H and O–H groups in total. The van der Waals surface area contributed by atoms with Crippen LogP contribution in [-0.2, 0) is 4.79 Å². The first-order chi connectivity index (χ1) is 6.63. The Labute approximate surface area is 104 Å². The van der Waals surface area contributed by atoms with Gasteiger partial charge < -0.3 is 10.6 Å². The van der Waals surface area contributed by atoms with Crippen LogP contribution in [0.2, 0.25) is 0 Å². The number of unbranched alkanes of at least 4 members (excludes halogenated alkanes) is 1. The first-order valence-electron chi connectivity index (χ1n) is 5.08. The predicted octanol–water partition coefficient (Wildman–Crippen LogP) is 1.75. The molecule has 5 heteroatoms. The van der Waals surface area contributed by atoms with Crippen LogP contribution >= 0.6 is 24.2 Å². The van der Waals surface area contributed by atoms with Crippen LogP contribution < -0.4 is 5.73 Å². The summed E-state index contributed by atoms with van der Waals surface area (Å²) < 4.78 is 0. The van der Waals surface area contributed by atoms with E-state index in [1.54, 1.807) is 4.90 Å². The van der Waals surface area contributed by atoms with E-state index in [1.165, 1.54) is 0 Å². The molecule has 0 aliphatic rings. The molecule has 0 rings (SSSR count). The van der Waals surface area contributed by atoms with E-state index >= 15 is 0 Å². The molecule has 1 unspecified atom stereocenters. The second kappa shape index (κ2) is 10.6. The molecule has 0 spiro atoms. The van der Waals surface area contributed by atoms with E-state index < -0.39 is 0 Å². The number of nitrogens with zero attached hydrogens (tertiary/aromatic N) is 1. The van der Waals surface area contributed by atoms with Gasteiger partial charge in [-0.2, -0.15) is 11.8 Å². The van der Waals surface area contributed by atoms with Crippen LogP contribution in [0.5, 0.6) is 0 Å². The fourth-order valence-electron chi connectivity index (χ4n) is 1.10. The number of likely N-dealkylation sites (N-methyl/N-ethyl adjacent to an activating group) is 1. The van der Waals surface area contributed by atoms with Crippen molar-refractivity contribution in [3.8, 4) is 0 Å². The summed E-state index contributed by atoms with van der Waals surface area (Å²) in [4.78, 5) is 13.3. The highest BCUT2D eigenvalue weighted by atomic mass is 35.5. The molecule has 15 heavy (non-hydrogen) atoms. The molecule has 0 saturated carbocycles. The summed E-state index contributed by atoms with van der Waals surface area (Å²) in [5.41, 5.74) is 5.49. The van der Waals surface area contributed by atoms with Crippen molar-refractivity contribution in [1.29, 1.82) is 0 Å². The van der Waals surface area contributed by atoms with E-state index in [1.807, 2.05) is 25.7 Å². The lowest BCUT2D eigenvalue weighted by Gasteiger charge is -2.23. The topological polar surface area (TPSA) is 46.3 Å². The summed E-state index contributed by atoms with van der Waals surface area (Å²) in [6, 6.07) is 0.156. The Hall–Kier alpha value is 0.0700. The molecule has 0 saturated heterocycles. The molecule has 0 aliphatic heterocycles. The van der Waals surface area contributed by atoms with E-state index in [-0.39, 0.29) is 24.4 Å². The average Bonchev–Trinajstić information content (AvgIpc) is 2.21. The Kier molecular flexibility index (Phi) is 12.3. The fraction of sp³-hybridized carbons (Fsp3) is 0.900. The summed E-state index contributed by atoms with van der Waals surface area (Å²) in [5, 5.41) is 0. The van der Waals surface area contributed by atoms with E-state index in [2.05, 4.69) is 6.26 Å². The van der Waals surface area contributed by atoms with E-state index in [9.17, 15) is 4.79 Å². The van der Waals surface area contributed by atoms with Crippen molar-refractivity contribution in [1.82, 2.24) is 4.90 Å². The molecule has 1 amide bonds. The van der Waals surface area contributed by atoms with Crippen molar-refractivity contribution in [2.45, 2.75) is 32.2 Å². The molecule has 0 aliphatic carbocycles. The van der Waals surface area contributed by atoms with Gasteiger partial charge >= 0.3 is 0 Å². The monoisotopic (exact) mass is 254 g/mol. The number of hydrogen-bond donors (Lipinski definition) is 1. The first kappa shape index (κ1) is 17.5. The van der Waals surface area contributed by atoms with Crippen LogP contribution in [0.1, 0.15) is 26.2 Å². The van der Waals surface area contributed by atoms with Crippen LogP contribution in [0.15, 0.2) is 0 Å². The summed E-state index contributed by atoms with van der Waals surface area (Å²) in [5.74, 6) is 1.35. The van der Waals surface area contributed by atoms with Crippen LogP contribution in [0.4, 0.5) is 0 Å². The smallest absolute Gasteiger partial charge is 0.222 e. The van der Waals surface area contributed by atoms with Crippen molar-refractivity contribution in [2.24, 2.45) is 5.73 Å². The van der Waals surface area contributed by atoms with Crippen LogP contribution in [0.3, 0.4) is 0 Å². The normalized spacial score (nSPS) is 11.7. The Morgan fingerprint density at radius 3 is 2.53 bits per heavy atom. The lowest BCUT2D eigenvalue weighted by Crippen LogP contribution is -2.39. The number of carbonyl (C=O) groups is 1. The van der Waals surface area contributed by atoms with Gasteiger partial charge in [0.2, 0.25) is 5.91 Å². The Bertz CT molecular complexity index is 170. The molecule has 0 heterocycles. The standard InChI is InChI=1S/C10H22N2OS.ClH/c1-9(8-11)12(2)10(13)6-4-5-7-14-3;/h9H,4-8,11H2,1-3H3;1H. The molecule has 1 atom stereocenters. The second-order valence-corrected chi connectivity index (χ2v) is 4.52. The van der Waals surface area contributed by atoms with Crippen molar-refractivity contribution in [3.63, 3.8) is 0 Å². The maximum atomic E-state index is 11.6. The van der Waals surface area contributed by atoms with Gasteiger partial charge in [0.05, 0.1) is 0 Å². The van der Waals surface area contributed by atoms with Crippen molar-refractivity contribution in [2.75, 3.05) is 25.6 Å².